The lowest BCUT2D eigenvalue weighted by molar-refractivity contribution is -0.120. The molecular weight excluding hydrogens is 450 g/mol. The number of carbonyl (C=O) groups is 1. The number of aromatic nitrogens is 1. The maximum absolute atomic E-state index is 12.5. The molecule has 3 aromatic rings. The molecule has 0 spiro atoms. The summed E-state index contributed by atoms with van der Waals surface area (Å²) < 4.78 is 39.8. The van der Waals surface area contributed by atoms with Crippen LogP contribution in [0.2, 0.25) is 0 Å². The van der Waals surface area contributed by atoms with Crippen molar-refractivity contribution in [2.45, 2.75) is 30.6 Å². The molecule has 8 nitrogen and oxygen atoms in total. The van der Waals surface area contributed by atoms with E-state index in [0.717, 1.165) is 34.5 Å². The Kier molecular flexibility index (Phi) is 7.23. The van der Waals surface area contributed by atoms with Crippen molar-refractivity contribution < 1.29 is 22.7 Å². The molecule has 1 amide bonds. The van der Waals surface area contributed by atoms with Crippen molar-refractivity contribution in [3.8, 4) is 11.5 Å². The van der Waals surface area contributed by atoms with E-state index in [1.807, 2.05) is 24.3 Å². The molecule has 0 saturated heterocycles. The van der Waals surface area contributed by atoms with Crippen molar-refractivity contribution in [3.05, 3.63) is 47.5 Å². The summed E-state index contributed by atoms with van der Waals surface area (Å²) in [6.45, 7) is 1.54. The molecule has 0 fully saturated rings. The van der Waals surface area contributed by atoms with Crippen molar-refractivity contribution in [2.75, 3.05) is 26.3 Å². The Bertz CT molecular complexity index is 1160. The Morgan fingerprint density at radius 2 is 1.88 bits per heavy atom. The fourth-order valence-corrected chi connectivity index (χ4v) is 5.33. The number of hydrogen-bond acceptors (Lipinski definition) is 7. The van der Waals surface area contributed by atoms with Crippen LogP contribution in [0.15, 0.2) is 47.4 Å². The van der Waals surface area contributed by atoms with Crippen LogP contribution in [0.5, 0.6) is 11.5 Å². The normalized spacial score (nSPS) is 13.6. The van der Waals surface area contributed by atoms with E-state index in [2.05, 4.69) is 15.0 Å². The molecule has 4 rings (SSSR count). The van der Waals surface area contributed by atoms with Gasteiger partial charge in [-0.3, -0.25) is 4.79 Å². The molecule has 1 aliphatic rings. The second kappa shape index (κ2) is 10.3. The van der Waals surface area contributed by atoms with E-state index in [9.17, 15) is 13.2 Å². The number of benzene rings is 2. The van der Waals surface area contributed by atoms with Crippen molar-refractivity contribution in [1.29, 1.82) is 0 Å². The van der Waals surface area contributed by atoms with Crippen LogP contribution < -0.4 is 19.5 Å². The van der Waals surface area contributed by atoms with Gasteiger partial charge in [0.2, 0.25) is 15.9 Å². The molecule has 170 valence electrons. The van der Waals surface area contributed by atoms with Gasteiger partial charge in [0, 0.05) is 38.4 Å². The third-order valence-electron chi connectivity index (χ3n) is 4.90. The number of thiazole rings is 1. The van der Waals surface area contributed by atoms with E-state index < -0.39 is 10.0 Å². The highest BCUT2D eigenvalue weighted by Crippen LogP contribution is 2.31. The first-order valence-electron chi connectivity index (χ1n) is 10.5. The number of ether oxygens (including phenoxy) is 2. The molecule has 32 heavy (non-hydrogen) atoms. The molecule has 2 N–H and O–H groups in total. The van der Waals surface area contributed by atoms with Gasteiger partial charge in [-0.2, -0.15) is 0 Å². The van der Waals surface area contributed by atoms with Crippen molar-refractivity contribution >= 4 is 37.5 Å². The van der Waals surface area contributed by atoms with Crippen LogP contribution in [-0.4, -0.2) is 45.6 Å². The first kappa shape index (κ1) is 22.5. The largest absolute Gasteiger partial charge is 0.490 e. The highest BCUT2D eigenvalue weighted by atomic mass is 32.2. The summed E-state index contributed by atoms with van der Waals surface area (Å²) in [5.41, 5.74) is 0.998. The molecule has 10 heteroatoms. The summed E-state index contributed by atoms with van der Waals surface area (Å²) >= 11 is 1.66. The van der Waals surface area contributed by atoms with Gasteiger partial charge >= 0.3 is 0 Å². The van der Waals surface area contributed by atoms with Gasteiger partial charge in [0.1, 0.15) is 0 Å². The first-order valence-corrected chi connectivity index (χ1v) is 12.8. The monoisotopic (exact) mass is 475 g/mol. The van der Waals surface area contributed by atoms with E-state index in [-0.39, 0.29) is 23.8 Å². The predicted octanol–water partition coefficient (Wildman–Crippen LogP) is 2.88. The molecule has 2 aromatic carbocycles. The summed E-state index contributed by atoms with van der Waals surface area (Å²) in [6.07, 6.45) is 2.36. The van der Waals surface area contributed by atoms with Crippen LogP contribution in [-0.2, 0) is 21.2 Å². The fourth-order valence-electron chi connectivity index (χ4n) is 3.28. The van der Waals surface area contributed by atoms with E-state index in [1.165, 1.54) is 12.1 Å². The molecule has 0 radical (unpaired) electrons. The molecular formula is C22H25N3O5S2. The summed E-state index contributed by atoms with van der Waals surface area (Å²) in [7, 11) is -3.75. The van der Waals surface area contributed by atoms with Gasteiger partial charge in [0.05, 0.1) is 33.3 Å². The fraction of sp³-hybridized carbons (Fsp3) is 0.364. The summed E-state index contributed by atoms with van der Waals surface area (Å²) in [5.74, 6) is 0.749. The summed E-state index contributed by atoms with van der Waals surface area (Å²) in [6, 6.07) is 12.5. The van der Waals surface area contributed by atoms with Gasteiger partial charge in [0.15, 0.2) is 11.5 Å². The zero-order valence-electron chi connectivity index (χ0n) is 17.5. The minimum absolute atomic E-state index is 0.0144. The number of para-hydroxylation sites is 1. The summed E-state index contributed by atoms with van der Waals surface area (Å²) in [4.78, 5) is 16.7. The Balaban J connectivity index is 1.19. The molecule has 0 aliphatic carbocycles. The molecule has 0 saturated carbocycles. The second-order valence-corrected chi connectivity index (χ2v) is 10.2. The minimum Gasteiger partial charge on any atom is -0.490 e. The number of carbonyl (C=O) groups excluding carboxylic acids is 1. The lowest BCUT2D eigenvalue weighted by Crippen LogP contribution is -2.31. The van der Waals surface area contributed by atoms with Crippen LogP contribution >= 0.6 is 11.3 Å². The highest BCUT2D eigenvalue weighted by molar-refractivity contribution is 7.89. The average molecular weight is 476 g/mol. The Morgan fingerprint density at radius 3 is 2.72 bits per heavy atom. The van der Waals surface area contributed by atoms with Crippen LogP contribution in [0.4, 0.5) is 0 Å². The quantitative estimate of drug-likeness (QED) is 0.461. The molecule has 0 bridgehead atoms. The number of amides is 1. The predicted molar refractivity (Wildman–Crippen MR) is 123 cm³/mol. The lowest BCUT2D eigenvalue weighted by atomic mass is 10.3. The molecule has 1 aromatic heterocycles. The van der Waals surface area contributed by atoms with Gasteiger partial charge < -0.3 is 14.8 Å². The third-order valence-corrected chi connectivity index (χ3v) is 7.46. The van der Waals surface area contributed by atoms with E-state index in [0.29, 0.717) is 31.3 Å². The van der Waals surface area contributed by atoms with Crippen LogP contribution in [0.1, 0.15) is 24.3 Å². The second-order valence-electron chi connectivity index (χ2n) is 7.34. The van der Waals surface area contributed by atoms with E-state index in [1.54, 1.807) is 17.4 Å². The Labute approximate surface area is 191 Å². The van der Waals surface area contributed by atoms with E-state index >= 15 is 0 Å². The number of sulfonamides is 1. The smallest absolute Gasteiger partial charge is 0.240 e. The number of nitrogens with one attached hydrogen (secondary N) is 2. The van der Waals surface area contributed by atoms with Crippen LogP contribution in [0.25, 0.3) is 10.2 Å². The SMILES string of the molecule is O=C(CCNS(=O)(=O)c1ccc2c(c1)OCCCO2)NCCCc1nc2ccccc2s1. The minimum atomic E-state index is -3.75. The van der Waals surface area contributed by atoms with Gasteiger partial charge in [-0.25, -0.2) is 18.1 Å². The van der Waals surface area contributed by atoms with Gasteiger partial charge in [-0.05, 0) is 30.7 Å². The zero-order valence-corrected chi connectivity index (χ0v) is 19.1. The summed E-state index contributed by atoms with van der Waals surface area (Å²) in [5, 5.41) is 3.87. The Hall–Kier alpha value is -2.69. The van der Waals surface area contributed by atoms with Crippen molar-refractivity contribution in [3.63, 3.8) is 0 Å². The number of aryl methyl sites for hydroxylation is 1. The van der Waals surface area contributed by atoms with Crippen molar-refractivity contribution in [1.82, 2.24) is 15.0 Å². The first-order chi connectivity index (χ1) is 15.5. The number of hydrogen-bond donors (Lipinski definition) is 2. The molecule has 2 heterocycles. The molecule has 0 atom stereocenters. The topological polar surface area (TPSA) is 107 Å². The number of fused-ring (bicyclic) bond motifs is 2. The number of nitrogens with zero attached hydrogens (tertiary/aromatic N) is 1. The Morgan fingerprint density at radius 1 is 1.06 bits per heavy atom. The standard InChI is InChI=1S/C22H25N3O5S2/c26-21(23-11-3-7-22-25-17-5-1-2-6-20(17)31-22)10-12-24-32(27,28)16-8-9-18-19(15-16)30-14-4-13-29-18/h1-2,5-6,8-9,15,24H,3-4,7,10-14H2,(H,23,26). The molecule has 1 aliphatic heterocycles. The maximum Gasteiger partial charge on any atom is 0.240 e. The maximum atomic E-state index is 12.5. The zero-order chi connectivity index (χ0) is 22.4. The third kappa shape index (κ3) is 5.76. The van der Waals surface area contributed by atoms with Gasteiger partial charge in [-0.1, -0.05) is 12.1 Å². The highest BCUT2D eigenvalue weighted by Gasteiger charge is 2.19. The lowest BCUT2D eigenvalue weighted by Gasteiger charge is -2.11. The van der Waals surface area contributed by atoms with Crippen LogP contribution in [0, 0.1) is 0 Å². The van der Waals surface area contributed by atoms with E-state index in [4.69, 9.17) is 9.47 Å². The number of rotatable bonds is 9. The van der Waals surface area contributed by atoms with Gasteiger partial charge in [-0.15, -0.1) is 11.3 Å². The van der Waals surface area contributed by atoms with Crippen LogP contribution in [0.3, 0.4) is 0 Å². The van der Waals surface area contributed by atoms with Gasteiger partial charge in [0.25, 0.3) is 0 Å². The average Bonchev–Trinajstić information content (AvgIpc) is 3.05. The van der Waals surface area contributed by atoms with Crippen molar-refractivity contribution in [2.24, 2.45) is 0 Å². The molecule has 0 unspecified atom stereocenters.